The Morgan fingerprint density at radius 2 is 2.04 bits per heavy atom. The van der Waals surface area contributed by atoms with E-state index in [4.69, 9.17) is 4.74 Å². The van der Waals surface area contributed by atoms with E-state index in [0.29, 0.717) is 17.3 Å². The Labute approximate surface area is 146 Å². The van der Waals surface area contributed by atoms with Gasteiger partial charge in [0, 0.05) is 14.6 Å². The molecule has 1 aromatic carbocycles. The number of hydrogen-bond acceptors (Lipinski definition) is 3. The molecule has 1 aliphatic rings. The van der Waals surface area contributed by atoms with Gasteiger partial charge in [0.15, 0.2) is 0 Å². The Bertz CT molecular complexity index is 600. The molecule has 0 spiro atoms. The number of nitrogens with zero attached hydrogens (tertiary/aromatic N) is 1. The standard InChI is InChI=1S/C16H17BrF3NOS/c1-9(2)22-14-7-12(5-10(14)8-21)23-15-4-3-11(17)6-13(15)16(18,19)20/h3-4,6,9-10,12,14H,5,7H2,1-2H3/t10-,12?,14?/m1/s1. The molecule has 0 aliphatic heterocycles. The Morgan fingerprint density at radius 1 is 1.35 bits per heavy atom. The van der Waals surface area contributed by atoms with Crippen LogP contribution in [0.15, 0.2) is 27.6 Å². The molecular weight excluding hydrogens is 391 g/mol. The number of hydrogen-bond donors (Lipinski definition) is 0. The monoisotopic (exact) mass is 407 g/mol. The van der Waals surface area contributed by atoms with E-state index in [-0.39, 0.29) is 28.3 Å². The van der Waals surface area contributed by atoms with Gasteiger partial charge >= 0.3 is 6.18 Å². The SMILES string of the molecule is CC(C)OC1CC(Sc2ccc(Br)cc2C(F)(F)F)C[C@@H]1C#N. The maximum absolute atomic E-state index is 13.2. The van der Waals surface area contributed by atoms with Crippen LogP contribution >= 0.6 is 27.7 Å². The third kappa shape index (κ3) is 4.88. The van der Waals surface area contributed by atoms with Crippen molar-refractivity contribution in [3.63, 3.8) is 0 Å². The first-order chi connectivity index (χ1) is 10.7. The number of ether oxygens (including phenoxy) is 1. The summed E-state index contributed by atoms with van der Waals surface area (Å²) in [4.78, 5) is 0.201. The summed E-state index contributed by atoms with van der Waals surface area (Å²) in [5.41, 5.74) is -0.640. The van der Waals surface area contributed by atoms with Crippen molar-refractivity contribution in [2.45, 2.75) is 55.2 Å². The van der Waals surface area contributed by atoms with Crippen LogP contribution in [0, 0.1) is 17.2 Å². The second-order valence-electron chi connectivity index (χ2n) is 5.81. The molecule has 0 radical (unpaired) electrons. The summed E-state index contributed by atoms with van der Waals surface area (Å²) in [5.74, 6) is -0.264. The van der Waals surface area contributed by atoms with Gasteiger partial charge in [-0.1, -0.05) is 15.9 Å². The van der Waals surface area contributed by atoms with Gasteiger partial charge in [-0.15, -0.1) is 11.8 Å². The Morgan fingerprint density at radius 3 is 2.61 bits per heavy atom. The molecule has 7 heteroatoms. The van der Waals surface area contributed by atoms with Gasteiger partial charge in [0.25, 0.3) is 0 Å². The molecule has 23 heavy (non-hydrogen) atoms. The third-order valence-corrected chi connectivity index (χ3v) is 5.44. The molecule has 1 fully saturated rings. The quantitative estimate of drug-likeness (QED) is 0.645. The van der Waals surface area contributed by atoms with Gasteiger partial charge in [-0.3, -0.25) is 0 Å². The minimum Gasteiger partial charge on any atom is -0.374 e. The maximum Gasteiger partial charge on any atom is 0.417 e. The van der Waals surface area contributed by atoms with Crippen LogP contribution in [0.3, 0.4) is 0 Å². The smallest absolute Gasteiger partial charge is 0.374 e. The van der Waals surface area contributed by atoms with Gasteiger partial charge in [0.05, 0.1) is 29.8 Å². The molecule has 0 amide bonds. The molecule has 1 aliphatic carbocycles. The number of rotatable bonds is 4. The van der Waals surface area contributed by atoms with E-state index in [1.165, 1.54) is 17.8 Å². The van der Waals surface area contributed by atoms with E-state index in [9.17, 15) is 18.4 Å². The lowest BCUT2D eigenvalue weighted by atomic mass is 10.1. The summed E-state index contributed by atoms with van der Waals surface area (Å²) in [6, 6.07) is 6.41. The number of halogens is 4. The van der Waals surface area contributed by atoms with Gasteiger partial charge in [-0.25, -0.2) is 0 Å². The fourth-order valence-corrected chi connectivity index (χ4v) is 4.45. The van der Waals surface area contributed by atoms with E-state index in [1.807, 2.05) is 13.8 Å². The fourth-order valence-electron chi connectivity index (χ4n) is 2.69. The maximum atomic E-state index is 13.2. The Hall–Kier alpha value is -0.710. The van der Waals surface area contributed by atoms with Crippen LogP contribution in [0.4, 0.5) is 13.2 Å². The molecule has 0 bridgehead atoms. The summed E-state index contributed by atoms with van der Waals surface area (Å²) >= 11 is 4.28. The Kier molecular flexibility index (Phi) is 6.04. The van der Waals surface area contributed by atoms with Crippen molar-refractivity contribution in [3.05, 3.63) is 28.2 Å². The van der Waals surface area contributed by atoms with Gasteiger partial charge in [0.2, 0.25) is 0 Å². The first-order valence-corrected chi connectivity index (χ1v) is 8.96. The largest absolute Gasteiger partial charge is 0.417 e. The first-order valence-electron chi connectivity index (χ1n) is 7.29. The third-order valence-electron chi connectivity index (χ3n) is 3.61. The normalized spacial score (nSPS) is 24.9. The van der Waals surface area contributed by atoms with Crippen molar-refractivity contribution in [3.8, 4) is 6.07 Å². The molecule has 0 aromatic heterocycles. The van der Waals surface area contributed by atoms with Crippen LogP contribution in [0.2, 0.25) is 0 Å². The van der Waals surface area contributed by atoms with Gasteiger partial charge in [0.1, 0.15) is 0 Å². The van der Waals surface area contributed by atoms with Gasteiger partial charge < -0.3 is 4.74 Å². The lowest BCUT2D eigenvalue weighted by Gasteiger charge is -2.18. The van der Waals surface area contributed by atoms with Crippen molar-refractivity contribution < 1.29 is 17.9 Å². The number of nitriles is 1. The minimum absolute atomic E-state index is 0.00184. The number of benzene rings is 1. The fraction of sp³-hybridized carbons (Fsp3) is 0.562. The second kappa shape index (κ2) is 7.45. The summed E-state index contributed by atoms with van der Waals surface area (Å²) < 4.78 is 45.7. The zero-order chi connectivity index (χ0) is 17.2. The lowest BCUT2D eigenvalue weighted by Crippen LogP contribution is -2.21. The molecule has 3 atom stereocenters. The first kappa shape index (κ1) is 18.6. The van der Waals surface area contributed by atoms with Crippen LogP contribution < -0.4 is 0 Å². The average molecular weight is 408 g/mol. The predicted molar refractivity (Wildman–Crippen MR) is 87.1 cm³/mol. The number of thioether (sulfide) groups is 1. The van der Waals surface area contributed by atoms with E-state index >= 15 is 0 Å². The van der Waals surface area contributed by atoms with Crippen molar-refractivity contribution in [1.29, 1.82) is 5.26 Å². The van der Waals surface area contributed by atoms with E-state index in [0.717, 1.165) is 6.07 Å². The van der Waals surface area contributed by atoms with Crippen LogP contribution in [0.25, 0.3) is 0 Å². The average Bonchev–Trinajstić information content (AvgIpc) is 2.80. The highest BCUT2D eigenvalue weighted by molar-refractivity contribution is 9.10. The lowest BCUT2D eigenvalue weighted by molar-refractivity contribution is -0.139. The second-order valence-corrected chi connectivity index (χ2v) is 8.07. The molecule has 1 aromatic rings. The molecule has 1 saturated carbocycles. The minimum atomic E-state index is -4.40. The number of alkyl halides is 3. The topological polar surface area (TPSA) is 33.0 Å². The summed E-state index contributed by atoms with van der Waals surface area (Å²) in [7, 11) is 0. The molecule has 0 heterocycles. The molecule has 126 valence electrons. The highest BCUT2D eigenvalue weighted by atomic mass is 79.9. The highest BCUT2D eigenvalue weighted by Gasteiger charge is 2.39. The van der Waals surface area contributed by atoms with Crippen LogP contribution in [-0.4, -0.2) is 17.5 Å². The zero-order valence-electron chi connectivity index (χ0n) is 12.7. The van der Waals surface area contributed by atoms with Gasteiger partial charge in [-0.05, 0) is 44.9 Å². The van der Waals surface area contributed by atoms with Crippen LogP contribution in [-0.2, 0) is 10.9 Å². The predicted octanol–water partition coefficient (Wildman–Crippen LogP) is 5.66. The molecule has 0 saturated heterocycles. The highest BCUT2D eigenvalue weighted by Crippen LogP contribution is 2.44. The van der Waals surface area contributed by atoms with Crippen molar-refractivity contribution >= 4 is 27.7 Å². The van der Waals surface area contributed by atoms with E-state index < -0.39 is 11.7 Å². The zero-order valence-corrected chi connectivity index (χ0v) is 15.1. The summed E-state index contributed by atoms with van der Waals surface area (Å²) in [6.07, 6.45) is -3.46. The van der Waals surface area contributed by atoms with Crippen LogP contribution in [0.5, 0.6) is 0 Å². The molecule has 2 nitrogen and oxygen atoms in total. The summed E-state index contributed by atoms with van der Waals surface area (Å²) in [5, 5.41) is 9.18. The molecule has 2 rings (SSSR count). The summed E-state index contributed by atoms with van der Waals surface area (Å²) in [6.45, 7) is 3.79. The molecule has 0 N–H and O–H groups in total. The molecule has 2 unspecified atom stereocenters. The molecular formula is C16H17BrF3NOS. The van der Waals surface area contributed by atoms with Crippen molar-refractivity contribution in [2.75, 3.05) is 0 Å². The van der Waals surface area contributed by atoms with E-state index in [1.54, 1.807) is 6.07 Å². The van der Waals surface area contributed by atoms with E-state index in [2.05, 4.69) is 22.0 Å². The van der Waals surface area contributed by atoms with Crippen molar-refractivity contribution in [2.24, 2.45) is 5.92 Å². The van der Waals surface area contributed by atoms with Crippen LogP contribution in [0.1, 0.15) is 32.3 Å². The van der Waals surface area contributed by atoms with Gasteiger partial charge in [-0.2, -0.15) is 18.4 Å². The Balaban J connectivity index is 2.16. The van der Waals surface area contributed by atoms with Crippen molar-refractivity contribution in [1.82, 2.24) is 0 Å².